The molecule has 0 N–H and O–H groups in total. The molecule has 0 aliphatic carbocycles. The van der Waals surface area contributed by atoms with Crippen LogP contribution in [0.25, 0.3) is 23.0 Å². The molecule has 1 atom stereocenters. The first-order chi connectivity index (χ1) is 18.4. The van der Waals surface area contributed by atoms with E-state index in [0.717, 1.165) is 33.8 Å². The number of carbonyl (C=O) groups excluding carboxylic acids is 1. The van der Waals surface area contributed by atoms with Gasteiger partial charge in [-0.3, -0.25) is 4.79 Å². The maximum atomic E-state index is 13.6. The monoisotopic (exact) mass is 527 g/mol. The second kappa shape index (κ2) is 11.1. The lowest BCUT2D eigenvalue weighted by Crippen LogP contribution is -2.39. The highest BCUT2D eigenvalue weighted by Gasteiger charge is 2.34. The van der Waals surface area contributed by atoms with Gasteiger partial charge in [0.2, 0.25) is 5.91 Å². The Balaban J connectivity index is 1.46. The van der Waals surface area contributed by atoms with Gasteiger partial charge in [0.05, 0.1) is 30.0 Å². The van der Waals surface area contributed by atoms with Crippen molar-refractivity contribution in [1.29, 1.82) is 0 Å². The molecule has 0 saturated carbocycles. The Morgan fingerprint density at radius 2 is 1.71 bits per heavy atom. The molecule has 1 fully saturated rings. The smallest absolute Gasteiger partial charge is 0.247 e. The number of sulfone groups is 1. The van der Waals surface area contributed by atoms with Crippen LogP contribution in [0, 0.1) is 0 Å². The minimum Gasteiger partial charge on any atom is -0.497 e. The highest BCUT2D eigenvalue weighted by Crippen LogP contribution is 2.26. The van der Waals surface area contributed by atoms with Gasteiger partial charge in [-0.2, -0.15) is 5.10 Å². The Bertz CT molecular complexity index is 1530. The topological polar surface area (TPSA) is 81.5 Å². The summed E-state index contributed by atoms with van der Waals surface area (Å²) < 4.78 is 31.5. The number of nitrogens with zero attached hydrogens (tertiary/aromatic N) is 3. The molecule has 0 bridgehead atoms. The van der Waals surface area contributed by atoms with Crippen molar-refractivity contribution in [2.24, 2.45) is 0 Å². The summed E-state index contributed by atoms with van der Waals surface area (Å²) in [6.07, 6.45) is 5.61. The number of hydrogen-bond acceptors (Lipinski definition) is 5. The van der Waals surface area contributed by atoms with E-state index < -0.39 is 9.84 Å². The summed E-state index contributed by atoms with van der Waals surface area (Å²) in [7, 11) is -1.57. The van der Waals surface area contributed by atoms with E-state index >= 15 is 0 Å². The zero-order valence-corrected chi connectivity index (χ0v) is 21.9. The fraction of sp³-hybridized carbons (Fsp3) is 0.200. The zero-order chi connectivity index (χ0) is 26.5. The van der Waals surface area contributed by atoms with Gasteiger partial charge in [-0.05, 0) is 42.3 Å². The molecule has 0 spiro atoms. The van der Waals surface area contributed by atoms with E-state index in [1.165, 1.54) is 6.08 Å². The molecule has 5 rings (SSSR count). The van der Waals surface area contributed by atoms with E-state index in [0.29, 0.717) is 13.0 Å². The van der Waals surface area contributed by atoms with E-state index in [1.807, 2.05) is 91.1 Å². The first-order valence-corrected chi connectivity index (χ1v) is 14.3. The van der Waals surface area contributed by atoms with Crippen molar-refractivity contribution >= 4 is 21.8 Å². The number of benzene rings is 3. The van der Waals surface area contributed by atoms with Crippen LogP contribution >= 0.6 is 0 Å². The Morgan fingerprint density at radius 3 is 2.34 bits per heavy atom. The van der Waals surface area contributed by atoms with Crippen molar-refractivity contribution in [3.63, 3.8) is 0 Å². The summed E-state index contributed by atoms with van der Waals surface area (Å²) in [5.74, 6) is 0.549. The molecule has 4 aromatic rings. The minimum atomic E-state index is -3.17. The van der Waals surface area contributed by atoms with Gasteiger partial charge in [0, 0.05) is 36.0 Å². The quantitative estimate of drug-likeness (QED) is 0.308. The highest BCUT2D eigenvalue weighted by atomic mass is 32.2. The van der Waals surface area contributed by atoms with Crippen LogP contribution in [0.2, 0.25) is 0 Å². The van der Waals surface area contributed by atoms with E-state index in [-0.39, 0.29) is 23.5 Å². The third kappa shape index (κ3) is 5.86. The molecule has 0 radical (unpaired) electrons. The molecule has 7 nitrogen and oxygen atoms in total. The Morgan fingerprint density at radius 1 is 1.03 bits per heavy atom. The maximum Gasteiger partial charge on any atom is 0.247 e. The fourth-order valence-corrected chi connectivity index (χ4v) is 6.37. The summed E-state index contributed by atoms with van der Waals surface area (Å²) in [5.41, 5.74) is 4.29. The summed E-state index contributed by atoms with van der Waals surface area (Å²) in [6, 6.07) is 26.7. The van der Waals surface area contributed by atoms with Crippen LogP contribution in [0.1, 0.15) is 17.5 Å². The van der Waals surface area contributed by atoms with E-state index in [2.05, 4.69) is 0 Å². The first kappa shape index (κ1) is 25.5. The number of methoxy groups -OCH3 is 1. The average Bonchev–Trinajstić information content (AvgIpc) is 3.54. The van der Waals surface area contributed by atoms with Crippen LogP contribution in [0.15, 0.2) is 97.2 Å². The minimum absolute atomic E-state index is 0.0239. The van der Waals surface area contributed by atoms with Gasteiger partial charge in [0.25, 0.3) is 0 Å². The molecule has 3 aromatic carbocycles. The normalized spacial score (nSPS) is 16.5. The predicted octanol–water partition coefficient (Wildman–Crippen LogP) is 4.78. The predicted molar refractivity (Wildman–Crippen MR) is 149 cm³/mol. The second-order valence-electron chi connectivity index (χ2n) is 9.28. The van der Waals surface area contributed by atoms with Gasteiger partial charge in [-0.15, -0.1) is 0 Å². The van der Waals surface area contributed by atoms with Crippen LogP contribution in [0.3, 0.4) is 0 Å². The molecule has 1 aliphatic heterocycles. The lowest BCUT2D eigenvalue weighted by atomic mass is 10.1. The number of para-hydroxylation sites is 1. The van der Waals surface area contributed by atoms with Crippen molar-refractivity contribution in [3.05, 3.63) is 108 Å². The van der Waals surface area contributed by atoms with Gasteiger partial charge in [-0.25, -0.2) is 13.1 Å². The molecule has 1 amide bonds. The van der Waals surface area contributed by atoms with Crippen molar-refractivity contribution in [2.45, 2.75) is 19.0 Å². The van der Waals surface area contributed by atoms with Gasteiger partial charge < -0.3 is 9.64 Å². The van der Waals surface area contributed by atoms with Gasteiger partial charge >= 0.3 is 0 Å². The largest absolute Gasteiger partial charge is 0.497 e. The lowest BCUT2D eigenvalue weighted by molar-refractivity contribution is -0.128. The van der Waals surface area contributed by atoms with Gasteiger partial charge in [0.1, 0.15) is 5.75 Å². The molecule has 1 aliphatic rings. The Kier molecular flexibility index (Phi) is 7.42. The number of amides is 1. The third-order valence-electron chi connectivity index (χ3n) is 6.66. The molecule has 194 valence electrons. The van der Waals surface area contributed by atoms with Crippen LogP contribution in [0.4, 0.5) is 0 Å². The molecule has 1 aromatic heterocycles. The van der Waals surface area contributed by atoms with E-state index in [1.54, 1.807) is 22.8 Å². The summed E-state index contributed by atoms with van der Waals surface area (Å²) in [6.45, 7) is 0.308. The van der Waals surface area contributed by atoms with Gasteiger partial charge in [0.15, 0.2) is 9.84 Å². The average molecular weight is 528 g/mol. The molecular formula is C30H29N3O4S. The zero-order valence-electron chi connectivity index (χ0n) is 21.1. The molecule has 8 heteroatoms. The van der Waals surface area contributed by atoms with Gasteiger partial charge in [-0.1, -0.05) is 60.7 Å². The molecule has 38 heavy (non-hydrogen) atoms. The number of carbonyl (C=O) groups is 1. The van der Waals surface area contributed by atoms with Crippen molar-refractivity contribution in [2.75, 3.05) is 18.6 Å². The summed E-state index contributed by atoms with van der Waals surface area (Å²) >= 11 is 0. The molecule has 1 unspecified atom stereocenters. The standard InChI is InChI=1S/C30H29N3O4S/c1-37-28-15-12-23(13-16-28)20-32(27-18-19-38(35,36)22-27)29(34)17-14-25-21-33(26-10-6-3-7-11-26)31-30(25)24-8-4-2-5-9-24/h2-17,21,27H,18-20,22H2,1H3. The van der Waals surface area contributed by atoms with Crippen LogP contribution in [-0.2, 0) is 21.2 Å². The van der Waals surface area contributed by atoms with E-state index in [4.69, 9.17) is 9.84 Å². The maximum absolute atomic E-state index is 13.6. The van der Waals surface area contributed by atoms with Crippen LogP contribution in [0.5, 0.6) is 5.75 Å². The summed E-state index contributed by atoms with van der Waals surface area (Å²) in [5, 5.41) is 4.80. The van der Waals surface area contributed by atoms with Crippen LogP contribution < -0.4 is 4.74 Å². The Hall–Kier alpha value is -4.17. The van der Waals surface area contributed by atoms with Crippen molar-refractivity contribution < 1.29 is 17.9 Å². The molecule has 2 heterocycles. The number of hydrogen-bond donors (Lipinski definition) is 0. The lowest BCUT2D eigenvalue weighted by Gasteiger charge is -2.27. The number of ether oxygens (including phenoxy) is 1. The molecule has 1 saturated heterocycles. The Labute approximate surface area is 222 Å². The highest BCUT2D eigenvalue weighted by molar-refractivity contribution is 7.91. The summed E-state index contributed by atoms with van der Waals surface area (Å²) in [4.78, 5) is 15.2. The van der Waals surface area contributed by atoms with Crippen molar-refractivity contribution in [1.82, 2.24) is 14.7 Å². The SMILES string of the molecule is COc1ccc(CN(C(=O)C=Cc2cn(-c3ccccc3)nc2-c2ccccc2)C2CCS(=O)(=O)C2)cc1. The fourth-order valence-electron chi connectivity index (χ4n) is 4.64. The van der Waals surface area contributed by atoms with Crippen molar-refractivity contribution in [3.8, 4) is 22.7 Å². The third-order valence-corrected chi connectivity index (χ3v) is 8.41. The first-order valence-electron chi connectivity index (χ1n) is 12.4. The number of rotatable bonds is 8. The molecular weight excluding hydrogens is 498 g/mol. The van der Waals surface area contributed by atoms with Crippen LogP contribution in [-0.4, -0.2) is 53.7 Å². The van der Waals surface area contributed by atoms with E-state index in [9.17, 15) is 13.2 Å². The second-order valence-corrected chi connectivity index (χ2v) is 11.5. The number of aromatic nitrogens is 2.